The third kappa shape index (κ3) is 6.70. The van der Waals surface area contributed by atoms with Crippen LogP contribution in [0.15, 0.2) is 114 Å². The molecule has 0 amide bonds. The molecule has 5 aromatic carbocycles. The van der Waals surface area contributed by atoms with Crippen LogP contribution in [0.3, 0.4) is 0 Å². The van der Waals surface area contributed by atoms with Crippen molar-refractivity contribution >= 4 is 45.6 Å². The first-order valence-electron chi connectivity index (χ1n) is 13.9. The van der Waals surface area contributed by atoms with Gasteiger partial charge < -0.3 is 10.4 Å². The summed E-state index contributed by atoms with van der Waals surface area (Å²) in [7, 11) is 0. The van der Waals surface area contributed by atoms with Gasteiger partial charge in [-0.3, -0.25) is 0 Å². The monoisotopic (exact) mass is 562 g/mol. The van der Waals surface area contributed by atoms with Crippen LogP contribution < -0.4 is 10.4 Å². The Labute approximate surface area is 248 Å². The highest BCUT2D eigenvalue weighted by Crippen LogP contribution is 2.44. The molecular weight excluding hydrogens is 524 g/mol. The van der Waals surface area contributed by atoms with E-state index in [0.29, 0.717) is 5.75 Å². The zero-order chi connectivity index (χ0) is 29.2. The molecule has 5 rings (SSSR count). The van der Waals surface area contributed by atoms with Crippen LogP contribution in [0, 0.1) is 0 Å². The van der Waals surface area contributed by atoms with E-state index in [0.717, 1.165) is 49.5 Å². The maximum Gasteiger partial charge on any atom is 0.123 e. The predicted octanol–water partition coefficient (Wildman–Crippen LogP) is 10.7. The van der Waals surface area contributed by atoms with Gasteiger partial charge in [0.05, 0.1) is 23.4 Å². The van der Waals surface area contributed by atoms with Crippen LogP contribution in [0.25, 0.3) is 10.8 Å². The summed E-state index contributed by atoms with van der Waals surface area (Å²) >= 11 is 1.32. The van der Waals surface area contributed by atoms with Crippen LogP contribution >= 0.6 is 12.0 Å². The molecule has 0 aliphatic rings. The minimum absolute atomic E-state index is 0.248. The summed E-state index contributed by atoms with van der Waals surface area (Å²) in [6.07, 6.45) is 0. The zero-order valence-electron chi connectivity index (χ0n) is 24.6. The molecule has 0 saturated heterocycles. The number of para-hydroxylation sites is 2. The van der Waals surface area contributed by atoms with Crippen molar-refractivity contribution in [3.63, 3.8) is 0 Å². The van der Waals surface area contributed by atoms with E-state index in [1.807, 2.05) is 65.7 Å². The first kappa shape index (κ1) is 28.6. The SMILES string of the molecule is CC(C)(C)c1cc(N(OSc2ccc3cc(Nc4ccccc4)ccc3c2)c2ccccc2)cc(C(C)(C)C)c1O. The number of anilines is 4. The van der Waals surface area contributed by atoms with Crippen molar-refractivity contribution in [2.24, 2.45) is 0 Å². The molecule has 0 spiro atoms. The number of hydrogen-bond donors (Lipinski definition) is 2. The van der Waals surface area contributed by atoms with E-state index in [4.69, 9.17) is 4.28 Å². The fraction of sp³-hybridized carbons (Fsp3) is 0.222. The smallest absolute Gasteiger partial charge is 0.123 e. The Bertz CT molecular complexity index is 1600. The summed E-state index contributed by atoms with van der Waals surface area (Å²) in [6.45, 7) is 12.7. The third-order valence-electron chi connectivity index (χ3n) is 7.02. The first-order valence-corrected chi connectivity index (χ1v) is 14.7. The maximum atomic E-state index is 11.3. The standard InChI is InChI=1S/C36H38N2O2S/c1-35(2,3)32-23-30(24-33(34(32)39)36(4,5)6)38(29-15-11-8-12-16-29)40-41-31-20-18-25-21-28(19-17-26(25)22-31)37-27-13-9-7-10-14-27/h7-24,37,39H,1-6H3. The van der Waals surface area contributed by atoms with E-state index in [-0.39, 0.29) is 10.8 Å². The Morgan fingerprint density at radius 3 is 1.78 bits per heavy atom. The zero-order valence-corrected chi connectivity index (χ0v) is 25.4. The summed E-state index contributed by atoms with van der Waals surface area (Å²) in [5, 5.41) is 18.9. The summed E-state index contributed by atoms with van der Waals surface area (Å²) < 4.78 is 6.48. The molecule has 0 radical (unpaired) electrons. The lowest BCUT2D eigenvalue weighted by Gasteiger charge is -2.31. The summed E-state index contributed by atoms with van der Waals surface area (Å²) in [5.41, 5.74) is 5.17. The molecule has 0 unspecified atom stereocenters. The molecule has 0 aliphatic heterocycles. The van der Waals surface area contributed by atoms with Gasteiger partial charge in [0.25, 0.3) is 0 Å². The molecule has 5 aromatic rings. The molecule has 210 valence electrons. The van der Waals surface area contributed by atoms with Gasteiger partial charge in [-0.25, -0.2) is 5.06 Å². The molecule has 4 nitrogen and oxygen atoms in total. The van der Waals surface area contributed by atoms with E-state index >= 15 is 0 Å². The second kappa shape index (κ2) is 11.5. The number of phenols is 1. The predicted molar refractivity (Wildman–Crippen MR) is 175 cm³/mol. The van der Waals surface area contributed by atoms with E-state index < -0.39 is 0 Å². The van der Waals surface area contributed by atoms with Crippen LogP contribution in [0.5, 0.6) is 5.75 Å². The molecule has 0 aromatic heterocycles. The minimum atomic E-state index is -0.248. The van der Waals surface area contributed by atoms with Gasteiger partial charge >= 0.3 is 0 Å². The summed E-state index contributed by atoms with van der Waals surface area (Å²) in [6, 6.07) is 37.1. The number of hydrogen-bond acceptors (Lipinski definition) is 5. The van der Waals surface area contributed by atoms with Crippen molar-refractivity contribution in [3.8, 4) is 5.75 Å². The Morgan fingerprint density at radius 2 is 1.17 bits per heavy atom. The van der Waals surface area contributed by atoms with Crippen molar-refractivity contribution in [1.29, 1.82) is 0 Å². The normalized spacial score (nSPS) is 12.0. The van der Waals surface area contributed by atoms with Gasteiger partial charge in [0, 0.05) is 27.4 Å². The molecule has 2 N–H and O–H groups in total. The summed E-state index contributed by atoms with van der Waals surface area (Å²) in [5.74, 6) is 0.352. The fourth-order valence-corrected chi connectivity index (χ4v) is 5.43. The van der Waals surface area contributed by atoms with Gasteiger partial charge in [0.15, 0.2) is 0 Å². The molecular formula is C36H38N2O2S. The van der Waals surface area contributed by atoms with Crippen LogP contribution in [-0.2, 0) is 15.1 Å². The molecule has 0 fully saturated rings. The number of fused-ring (bicyclic) bond motifs is 1. The molecule has 0 heterocycles. The number of nitrogens with one attached hydrogen (secondary N) is 1. The Kier molecular flexibility index (Phi) is 8.03. The van der Waals surface area contributed by atoms with Crippen LogP contribution in [-0.4, -0.2) is 5.11 Å². The highest BCUT2D eigenvalue weighted by atomic mass is 32.2. The molecule has 5 heteroatoms. The van der Waals surface area contributed by atoms with Gasteiger partial charge in [0.2, 0.25) is 0 Å². The average molecular weight is 563 g/mol. The lowest BCUT2D eigenvalue weighted by atomic mass is 9.79. The largest absolute Gasteiger partial charge is 0.507 e. The molecule has 0 saturated carbocycles. The van der Waals surface area contributed by atoms with E-state index in [9.17, 15) is 5.11 Å². The average Bonchev–Trinajstić information content (AvgIpc) is 2.93. The third-order valence-corrected chi connectivity index (χ3v) is 7.69. The van der Waals surface area contributed by atoms with E-state index in [1.54, 1.807) is 0 Å². The number of aromatic hydroxyl groups is 1. The van der Waals surface area contributed by atoms with Gasteiger partial charge in [-0.1, -0.05) is 90.1 Å². The number of nitrogens with zero attached hydrogens (tertiary/aromatic N) is 1. The van der Waals surface area contributed by atoms with Gasteiger partial charge in [-0.2, -0.15) is 4.28 Å². The van der Waals surface area contributed by atoms with Crippen molar-refractivity contribution < 1.29 is 9.39 Å². The quantitative estimate of drug-likeness (QED) is 0.153. The van der Waals surface area contributed by atoms with Crippen LogP contribution in [0.4, 0.5) is 22.7 Å². The van der Waals surface area contributed by atoms with Crippen molar-refractivity contribution in [2.75, 3.05) is 10.4 Å². The van der Waals surface area contributed by atoms with Gasteiger partial charge in [-0.15, -0.1) is 0 Å². The van der Waals surface area contributed by atoms with Gasteiger partial charge in [0.1, 0.15) is 5.75 Å². The first-order chi connectivity index (χ1) is 19.5. The maximum absolute atomic E-state index is 11.3. The molecule has 0 bridgehead atoms. The molecule has 41 heavy (non-hydrogen) atoms. The van der Waals surface area contributed by atoms with Gasteiger partial charge in [-0.05, 0) is 82.3 Å². The van der Waals surface area contributed by atoms with Crippen molar-refractivity contribution in [2.45, 2.75) is 57.3 Å². The second-order valence-corrected chi connectivity index (χ2v) is 13.2. The molecule has 0 aliphatic carbocycles. The highest BCUT2D eigenvalue weighted by Gasteiger charge is 2.28. The highest BCUT2D eigenvalue weighted by molar-refractivity contribution is 7.94. The number of benzene rings is 5. The van der Waals surface area contributed by atoms with Crippen molar-refractivity contribution in [1.82, 2.24) is 0 Å². The topological polar surface area (TPSA) is 44.7 Å². The van der Waals surface area contributed by atoms with Crippen molar-refractivity contribution in [3.05, 3.63) is 120 Å². The Morgan fingerprint density at radius 1 is 0.610 bits per heavy atom. The Hall–Kier alpha value is -3.93. The number of rotatable bonds is 7. The van der Waals surface area contributed by atoms with E-state index in [2.05, 4.69) is 95.4 Å². The van der Waals surface area contributed by atoms with Crippen LogP contribution in [0.2, 0.25) is 0 Å². The Balaban J connectivity index is 1.46. The lowest BCUT2D eigenvalue weighted by Crippen LogP contribution is -2.20. The number of phenolic OH excluding ortho intramolecular Hbond substituents is 1. The fourth-order valence-electron chi connectivity index (χ4n) is 4.80. The molecule has 0 atom stereocenters. The van der Waals surface area contributed by atoms with E-state index in [1.165, 1.54) is 12.0 Å². The lowest BCUT2D eigenvalue weighted by molar-refractivity contribution is 0.380. The summed E-state index contributed by atoms with van der Waals surface area (Å²) in [4.78, 5) is 0.994. The van der Waals surface area contributed by atoms with Crippen LogP contribution in [0.1, 0.15) is 52.7 Å². The minimum Gasteiger partial charge on any atom is -0.507 e. The second-order valence-electron chi connectivity index (χ2n) is 12.4.